The summed E-state index contributed by atoms with van der Waals surface area (Å²) in [6, 6.07) is 6.91. The number of ether oxygens (including phenoxy) is 1. The lowest BCUT2D eigenvalue weighted by Gasteiger charge is -2.20. The Labute approximate surface area is 138 Å². The Morgan fingerprint density at radius 3 is 2.52 bits per heavy atom. The third-order valence-electron chi connectivity index (χ3n) is 3.16. The van der Waals surface area contributed by atoms with Crippen LogP contribution in [0.2, 0.25) is 0 Å². The average Bonchev–Trinajstić information content (AvgIpc) is 2.45. The van der Waals surface area contributed by atoms with Gasteiger partial charge in [0.15, 0.2) is 0 Å². The lowest BCUT2D eigenvalue weighted by Crippen LogP contribution is -2.38. The molecule has 7 nitrogen and oxygen atoms in total. The van der Waals surface area contributed by atoms with Gasteiger partial charge < -0.3 is 15.0 Å². The second kappa shape index (κ2) is 8.85. The third-order valence-corrected chi connectivity index (χ3v) is 4.41. The first kappa shape index (κ1) is 19.4. The molecule has 0 saturated carbocycles. The molecular formula is C15H25N3O4S. The molecule has 0 aliphatic rings. The van der Waals surface area contributed by atoms with Crippen LogP contribution >= 0.6 is 0 Å². The number of nitrogens with one attached hydrogen (secondary N) is 1. The Morgan fingerprint density at radius 1 is 1.26 bits per heavy atom. The quantitative estimate of drug-likeness (QED) is 0.719. The van der Waals surface area contributed by atoms with Gasteiger partial charge in [-0.25, -0.2) is 8.42 Å². The summed E-state index contributed by atoms with van der Waals surface area (Å²) in [5, 5.41) is 2.68. The Balaban J connectivity index is 2.65. The third kappa shape index (κ3) is 7.45. The fourth-order valence-corrected chi connectivity index (χ4v) is 2.80. The number of sulfonamides is 1. The lowest BCUT2D eigenvalue weighted by atomic mass is 10.3. The summed E-state index contributed by atoms with van der Waals surface area (Å²) in [5.74, 6) is 0.238. The van der Waals surface area contributed by atoms with Crippen LogP contribution in [0.4, 0.5) is 5.69 Å². The van der Waals surface area contributed by atoms with Crippen molar-refractivity contribution in [1.82, 2.24) is 9.21 Å². The largest absolute Gasteiger partial charge is 0.497 e. The van der Waals surface area contributed by atoms with E-state index in [1.807, 2.05) is 19.0 Å². The van der Waals surface area contributed by atoms with E-state index in [4.69, 9.17) is 4.74 Å². The molecule has 0 radical (unpaired) electrons. The number of amides is 1. The number of carbonyl (C=O) groups is 1. The number of nitrogens with zero attached hydrogens (tertiary/aromatic N) is 2. The fourth-order valence-electron chi connectivity index (χ4n) is 1.99. The zero-order chi connectivity index (χ0) is 17.5. The van der Waals surface area contributed by atoms with Gasteiger partial charge in [0, 0.05) is 18.3 Å². The minimum atomic E-state index is -3.43. The van der Waals surface area contributed by atoms with E-state index in [1.165, 1.54) is 11.4 Å². The number of hydrogen-bond donors (Lipinski definition) is 1. The highest BCUT2D eigenvalue weighted by atomic mass is 32.2. The maximum atomic E-state index is 12.1. The molecule has 23 heavy (non-hydrogen) atoms. The fraction of sp³-hybridized carbons (Fsp3) is 0.533. The monoisotopic (exact) mass is 343 g/mol. The molecule has 0 unspecified atom stereocenters. The van der Waals surface area contributed by atoms with Gasteiger partial charge in [-0.1, -0.05) is 6.07 Å². The molecule has 0 atom stereocenters. The van der Waals surface area contributed by atoms with E-state index in [1.54, 1.807) is 24.3 Å². The molecule has 1 aromatic carbocycles. The van der Waals surface area contributed by atoms with Gasteiger partial charge in [-0.3, -0.25) is 4.79 Å². The van der Waals surface area contributed by atoms with E-state index >= 15 is 0 Å². The molecule has 1 aromatic rings. The van der Waals surface area contributed by atoms with Gasteiger partial charge in [0.1, 0.15) is 5.75 Å². The molecule has 0 heterocycles. The van der Waals surface area contributed by atoms with Gasteiger partial charge in [-0.15, -0.1) is 0 Å². The maximum absolute atomic E-state index is 12.1. The van der Waals surface area contributed by atoms with E-state index in [0.29, 0.717) is 24.4 Å². The molecule has 130 valence electrons. The van der Waals surface area contributed by atoms with Crippen molar-refractivity contribution in [3.05, 3.63) is 24.3 Å². The highest BCUT2D eigenvalue weighted by molar-refractivity contribution is 7.88. The van der Waals surface area contributed by atoms with Gasteiger partial charge in [-0.05, 0) is 39.2 Å². The number of benzene rings is 1. The van der Waals surface area contributed by atoms with Crippen LogP contribution in [0.1, 0.15) is 6.42 Å². The summed E-state index contributed by atoms with van der Waals surface area (Å²) in [6.45, 7) is 0.857. The van der Waals surface area contributed by atoms with E-state index < -0.39 is 10.0 Å². The molecule has 0 spiro atoms. The van der Waals surface area contributed by atoms with Crippen LogP contribution in [0.5, 0.6) is 5.75 Å². The Kier molecular flexibility index (Phi) is 7.47. The van der Waals surface area contributed by atoms with Crippen molar-refractivity contribution in [2.24, 2.45) is 0 Å². The van der Waals surface area contributed by atoms with Crippen molar-refractivity contribution in [3.8, 4) is 5.75 Å². The van der Waals surface area contributed by atoms with Crippen molar-refractivity contribution < 1.29 is 17.9 Å². The molecule has 1 rings (SSSR count). The van der Waals surface area contributed by atoms with Gasteiger partial charge >= 0.3 is 0 Å². The maximum Gasteiger partial charge on any atom is 0.239 e. The van der Waals surface area contributed by atoms with Crippen LogP contribution in [0.25, 0.3) is 0 Å². The van der Waals surface area contributed by atoms with Crippen molar-refractivity contribution in [2.75, 3.05) is 52.4 Å². The van der Waals surface area contributed by atoms with Gasteiger partial charge in [0.25, 0.3) is 0 Å². The van der Waals surface area contributed by atoms with Crippen LogP contribution in [-0.2, 0) is 14.8 Å². The van der Waals surface area contributed by atoms with Crippen molar-refractivity contribution >= 4 is 21.6 Å². The first-order valence-electron chi connectivity index (χ1n) is 7.26. The van der Waals surface area contributed by atoms with Crippen molar-refractivity contribution in [1.29, 1.82) is 0 Å². The summed E-state index contributed by atoms with van der Waals surface area (Å²) in [4.78, 5) is 14.1. The summed E-state index contributed by atoms with van der Waals surface area (Å²) >= 11 is 0. The topological polar surface area (TPSA) is 79.0 Å². The number of rotatable bonds is 9. The Bertz CT molecular complexity index is 617. The summed E-state index contributed by atoms with van der Waals surface area (Å²) in [5.41, 5.74) is 0.566. The highest BCUT2D eigenvalue weighted by Crippen LogP contribution is 2.16. The van der Waals surface area contributed by atoms with Crippen molar-refractivity contribution in [2.45, 2.75) is 6.42 Å². The molecule has 0 aliphatic heterocycles. The Morgan fingerprint density at radius 2 is 1.96 bits per heavy atom. The van der Waals surface area contributed by atoms with Crippen LogP contribution in [0.3, 0.4) is 0 Å². The second-order valence-corrected chi connectivity index (χ2v) is 7.52. The van der Waals surface area contributed by atoms with Crippen LogP contribution in [0, 0.1) is 0 Å². The molecular weight excluding hydrogens is 318 g/mol. The summed E-state index contributed by atoms with van der Waals surface area (Å²) in [6.07, 6.45) is 1.77. The molecule has 0 bridgehead atoms. The van der Waals surface area contributed by atoms with E-state index in [-0.39, 0.29) is 12.5 Å². The Hall–Kier alpha value is -1.64. The number of hydrogen-bond acceptors (Lipinski definition) is 5. The number of methoxy groups -OCH3 is 1. The lowest BCUT2D eigenvalue weighted by molar-refractivity contribution is -0.116. The molecule has 8 heteroatoms. The second-order valence-electron chi connectivity index (χ2n) is 5.53. The average molecular weight is 343 g/mol. The summed E-state index contributed by atoms with van der Waals surface area (Å²) in [7, 11) is 1.94. The molecule has 0 aromatic heterocycles. The predicted octanol–water partition coefficient (Wildman–Crippen LogP) is 0.847. The SMILES string of the molecule is COc1cccc(NC(=O)CN(CCCN(C)C)S(C)(=O)=O)c1. The van der Waals surface area contributed by atoms with Gasteiger partial charge in [0.2, 0.25) is 15.9 Å². The summed E-state index contributed by atoms with van der Waals surface area (Å²) < 4.78 is 29.9. The normalized spacial score (nSPS) is 11.7. The first-order chi connectivity index (χ1) is 10.7. The predicted molar refractivity (Wildman–Crippen MR) is 91.2 cm³/mol. The van der Waals surface area contributed by atoms with Gasteiger partial charge in [0.05, 0.1) is 19.9 Å². The van der Waals surface area contributed by atoms with E-state index in [2.05, 4.69) is 5.32 Å². The zero-order valence-electron chi connectivity index (χ0n) is 14.1. The highest BCUT2D eigenvalue weighted by Gasteiger charge is 2.19. The zero-order valence-corrected chi connectivity index (χ0v) is 14.9. The van der Waals surface area contributed by atoms with Crippen LogP contribution in [0.15, 0.2) is 24.3 Å². The standard InChI is InChI=1S/C15H25N3O4S/c1-17(2)9-6-10-18(23(4,20)21)12-15(19)16-13-7-5-8-14(11-13)22-3/h5,7-8,11H,6,9-10,12H2,1-4H3,(H,16,19). The van der Waals surface area contributed by atoms with Crippen LogP contribution < -0.4 is 10.1 Å². The van der Waals surface area contributed by atoms with Gasteiger partial charge in [-0.2, -0.15) is 4.31 Å². The minimum absolute atomic E-state index is 0.205. The van der Waals surface area contributed by atoms with Crippen molar-refractivity contribution in [3.63, 3.8) is 0 Å². The first-order valence-corrected chi connectivity index (χ1v) is 9.11. The molecule has 0 saturated heterocycles. The molecule has 1 N–H and O–H groups in total. The van der Waals surface area contributed by atoms with Crippen LogP contribution in [-0.4, -0.2) is 70.6 Å². The van der Waals surface area contributed by atoms with E-state index in [0.717, 1.165) is 12.8 Å². The number of anilines is 1. The molecule has 0 fully saturated rings. The number of carbonyl (C=O) groups excluding carboxylic acids is 1. The molecule has 0 aliphatic carbocycles. The van der Waals surface area contributed by atoms with E-state index in [9.17, 15) is 13.2 Å². The smallest absolute Gasteiger partial charge is 0.239 e. The minimum Gasteiger partial charge on any atom is -0.497 e. The molecule has 1 amide bonds.